The van der Waals surface area contributed by atoms with Crippen molar-refractivity contribution in [2.24, 2.45) is 17.6 Å². The van der Waals surface area contributed by atoms with Gasteiger partial charge in [0.15, 0.2) is 0 Å². The average Bonchev–Trinajstić information content (AvgIpc) is 3.39. The van der Waals surface area contributed by atoms with Crippen molar-refractivity contribution in [2.75, 3.05) is 39.3 Å². The molecule has 4 heterocycles. The number of aliphatic hydroxyl groups excluding tert-OH is 1. The molecule has 2 amide bonds. The lowest BCUT2D eigenvalue weighted by Gasteiger charge is -2.38. The molecule has 232 valence electrons. The second-order valence-electron chi connectivity index (χ2n) is 12.3. The maximum absolute atomic E-state index is 12.1. The van der Waals surface area contributed by atoms with Crippen LogP contribution in [0, 0.1) is 23.7 Å². The largest absolute Gasteiger partial charge is 0.390 e. The number of nitrogens with two attached hydrogens (primary N) is 1. The predicted molar refractivity (Wildman–Crippen MR) is 175 cm³/mol. The molecule has 1 atom stereocenters. The summed E-state index contributed by atoms with van der Waals surface area (Å²) in [6.07, 6.45) is 5.07. The van der Waals surface area contributed by atoms with Crippen molar-refractivity contribution in [3.05, 3.63) is 74.9 Å². The number of carbonyl (C=O) groups excluding carboxylic acids is 1. The van der Waals surface area contributed by atoms with Gasteiger partial charge in [-0.1, -0.05) is 41.1 Å². The van der Waals surface area contributed by atoms with Crippen LogP contribution < -0.4 is 11.1 Å². The summed E-state index contributed by atoms with van der Waals surface area (Å²) in [7, 11) is 0. The number of halogens is 2. The molecular formula is C34H40Cl2N6O2. The number of urea groups is 1. The summed E-state index contributed by atoms with van der Waals surface area (Å²) >= 11 is 12.6. The quantitative estimate of drug-likeness (QED) is 0.339. The molecule has 0 saturated carbocycles. The summed E-state index contributed by atoms with van der Waals surface area (Å²) in [5.41, 5.74) is 10.8. The summed E-state index contributed by atoms with van der Waals surface area (Å²) in [5, 5.41) is 20.9. The summed E-state index contributed by atoms with van der Waals surface area (Å²) < 4.78 is 1.93. The van der Waals surface area contributed by atoms with Crippen LogP contribution in [-0.2, 0) is 19.5 Å². The van der Waals surface area contributed by atoms with Crippen LogP contribution in [0.5, 0.6) is 0 Å². The molecule has 4 N–H and O–H groups in total. The first-order chi connectivity index (χ1) is 21.3. The van der Waals surface area contributed by atoms with E-state index in [0.29, 0.717) is 48.2 Å². The molecule has 0 unspecified atom stereocenters. The molecule has 0 aliphatic carbocycles. The predicted octanol–water partition coefficient (Wildman–Crippen LogP) is 4.77. The van der Waals surface area contributed by atoms with Gasteiger partial charge >= 0.3 is 6.03 Å². The van der Waals surface area contributed by atoms with Crippen LogP contribution in [0.2, 0.25) is 10.0 Å². The Labute approximate surface area is 269 Å². The Bertz CT molecular complexity index is 1530. The van der Waals surface area contributed by atoms with Crippen LogP contribution >= 0.6 is 23.2 Å². The summed E-state index contributed by atoms with van der Waals surface area (Å²) in [6.45, 7) is 6.27. The van der Waals surface area contributed by atoms with E-state index in [4.69, 9.17) is 34.0 Å². The van der Waals surface area contributed by atoms with Gasteiger partial charge in [0.1, 0.15) is 0 Å². The molecule has 0 radical (unpaired) electrons. The van der Waals surface area contributed by atoms with Crippen LogP contribution in [0.4, 0.5) is 4.79 Å². The van der Waals surface area contributed by atoms with E-state index < -0.39 is 12.1 Å². The zero-order valence-corrected chi connectivity index (χ0v) is 26.5. The second kappa shape index (κ2) is 13.9. The van der Waals surface area contributed by atoms with Crippen molar-refractivity contribution in [3.8, 4) is 23.1 Å². The minimum absolute atomic E-state index is 0.370. The number of carbonyl (C=O) groups is 1. The summed E-state index contributed by atoms with van der Waals surface area (Å²) in [4.78, 5) is 16.1. The zero-order chi connectivity index (χ0) is 30.6. The Balaban J connectivity index is 1.20. The van der Waals surface area contributed by atoms with E-state index in [1.54, 1.807) is 17.0 Å². The third-order valence-corrected chi connectivity index (χ3v) is 9.99. The van der Waals surface area contributed by atoms with Gasteiger partial charge in [0.2, 0.25) is 0 Å². The van der Waals surface area contributed by atoms with Crippen molar-refractivity contribution in [2.45, 2.75) is 51.3 Å². The van der Waals surface area contributed by atoms with Crippen LogP contribution in [0.1, 0.15) is 48.1 Å². The van der Waals surface area contributed by atoms with E-state index in [0.717, 1.165) is 66.1 Å². The van der Waals surface area contributed by atoms with Gasteiger partial charge in [-0.05, 0) is 100 Å². The maximum atomic E-state index is 12.1. The number of primary amides is 1. The number of aliphatic hydroxyl groups is 1. The van der Waals surface area contributed by atoms with Gasteiger partial charge in [-0.2, -0.15) is 5.10 Å². The number of hydrogen-bond donors (Lipinski definition) is 3. The van der Waals surface area contributed by atoms with Gasteiger partial charge in [-0.25, -0.2) is 4.79 Å². The summed E-state index contributed by atoms with van der Waals surface area (Å²) in [5.74, 6) is 7.98. The normalized spacial score (nSPS) is 18.8. The standard InChI is InChI=1S/C34H40Cl2N6O2/c35-28-6-2-23(3-7-28)1-4-26-19-27(5-8-31(26)36)33-30-22-41(34(37)44)18-13-32(30)42(39-33)21-29(43)20-40-16-11-25(12-17-40)24-9-14-38-15-10-24/h2-3,5-8,19,24-25,29,38,43H,9-18,20-22H2,(H2,37,44)/t29-/m0/s1. The summed E-state index contributed by atoms with van der Waals surface area (Å²) in [6, 6.07) is 12.6. The number of nitrogens with one attached hydrogen (secondary N) is 1. The number of nitrogens with zero attached hydrogens (tertiary/aromatic N) is 4. The number of β-amino-alcohol motifs (C(OH)–C–C–N with tert-alkyl or cyclic N) is 1. The molecule has 2 aromatic carbocycles. The molecule has 3 aromatic rings. The molecule has 0 bridgehead atoms. The van der Waals surface area contributed by atoms with E-state index in [1.165, 1.54) is 25.7 Å². The molecule has 10 heteroatoms. The maximum Gasteiger partial charge on any atom is 0.315 e. The van der Waals surface area contributed by atoms with Crippen molar-refractivity contribution < 1.29 is 9.90 Å². The highest BCUT2D eigenvalue weighted by Crippen LogP contribution is 2.33. The first-order valence-corrected chi connectivity index (χ1v) is 16.4. The van der Waals surface area contributed by atoms with Gasteiger partial charge in [0.05, 0.1) is 29.9 Å². The molecule has 44 heavy (non-hydrogen) atoms. The number of likely N-dealkylation sites (tertiary alicyclic amines) is 1. The van der Waals surface area contributed by atoms with Crippen LogP contribution in [-0.4, -0.2) is 76.1 Å². The molecule has 2 fully saturated rings. The highest BCUT2D eigenvalue weighted by atomic mass is 35.5. The zero-order valence-electron chi connectivity index (χ0n) is 24.9. The molecule has 8 nitrogen and oxygen atoms in total. The number of piperidine rings is 2. The molecule has 6 rings (SSSR count). The van der Waals surface area contributed by atoms with Crippen LogP contribution in [0.3, 0.4) is 0 Å². The van der Waals surface area contributed by atoms with E-state index in [-0.39, 0.29) is 0 Å². The van der Waals surface area contributed by atoms with Crippen molar-refractivity contribution in [1.29, 1.82) is 0 Å². The Morgan fingerprint density at radius 3 is 2.45 bits per heavy atom. The lowest BCUT2D eigenvalue weighted by atomic mass is 9.79. The monoisotopic (exact) mass is 634 g/mol. The second-order valence-corrected chi connectivity index (χ2v) is 13.1. The number of hydrogen-bond acceptors (Lipinski definition) is 5. The van der Waals surface area contributed by atoms with Crippen molar-refractivity contribution in [3.63, 3.8) is 0 Å². The minimum Gasteiger partial charge on any atom is -0.390 e. The highest BCUT2D eigenvalue weighted by Gasteiger charge is 2.30. The lowest BCUT2D eigenvalue weighted by molar-refractivity contribution is 0.0631. The van der Waals surface area contributed by atoms with E-state index in [2.05, 4.69) is 22.1 Å². The van der Waals surface area contributed by atoms with Gasteiger partial charge in [0, 0.05) is 52.5 Å². The molecule has 3 aliphatic rings. The number of rotatable bonds is 6. The molecular weight excluding hydrogens is 595 g/mol. The fraction of sp³-hybridized carbons (Fsp3) is 0.471. The third kappa shape index (κ3) is 7.25. The first kappa shape index (κ1) is 30.9. The van der Waals surface area contributed by atoms with E-state index >= 15 is 0 Å². The number of fused-ring (bicyclic) bond motifs is 1. The SMILES string of the molecule is NC(=O)N1CCc2c(c(-c3ccc(Cl)c(C#Cc4ccc(Cl)cc4)c3)nn2C[C@@H](O)CN2CCC(C3CCNCC3)CC2)C1. The number of aromatic nitrogens is 2. The van der Waals surface area contributed by atoms with E-state index in [1.807, 2.05) is 35.0 Å². The van der Waals surface area contributed by atoms with E-state index in [9.17, 15) is 9.90 Å². The third-order valence-electron chi connectivity index (χ3n) is 9.41. The van der Waals surface area contributed by atoms with Gasteiger partial charge in [0.25, 0.3) is 0 Å². The van der Waals surface area contributed by atoms with Crippen molar-refractivity contribution in [1.82, 2.24) is 24.9 Å². The number of benzene rings is 2. The van der Waals surface area contributed by atoms with Crippen LogP contribution in [0.15, 0.2) is 42.5 Å². The fourth-order valence-corrected chi connectivity index (χ4v) is 7.27. The highest BCUT2D eigenvalue weighted by molar-refractivity contribution is 6.32. The Hall–Kier alpha value is -3.06. The average molecular weight is 636 g/mol. The lowest BCUT2D eigenvalue weighted by Crippen LogP contribution is -2.43. The molecule has 3 aliphatic heterocycles. The Morgan fingerprint density at radius 2 is 1.73 bits per heavy atom. The van der Waals surface area contributed by atoms with Gasteiger partial charge < -0.3 is 26.0 Å². The fourth-order valence-electron chi connectivity index (χ4n) is 6.98. The topological polar surface area (TPSA) is 99.7 Å². The Kier molecular flexibility index (Phi) is 9.80. The van der Waals surface area contributed by atoms with Gasteiger partial charge in [-0.3, -0.25) is 4.68 Å². The molecule has 1 aromatic heterocycles. The minimum atomic E-state index is -0.553. The van der Waals surface area contributed by atoms with Crippen molar-refractivity contribution >= 4 is 29.2 Å². The molecule has 0 spiro atoms. The number of amides is 2. The molecule has 2 saturated heterocycles. The Morgan fingerprint density at radius 1 is 1.00 bits per heavy atom. The smallest absolute Gasteiger partial charge is 0.315 e. The first-order valence-electron chi connectivity index (χ1n) is 15.7. The van der Waals surface area contributed by atoms with Gasteiger partial charge in [-0.15, -0.1) is 0 Å². The van der Waals surface area contributed by atoms with Crippen LogP contribution in [0.25, 0.3) is 11.3 Å².